The summed E-state index contributed by atoms with van der Waals surface area (Å²) in [5.41, 5.74) is 2.69. The number of likely N-dealkylation sites (N-methyl/N-ethyl adjacent to an activating group) is 2. The average molecular weight is 459 g/mol. The van der Waals surface area contributed by atoms with Gasteiger partial charge in [-0.2, -0.15) is 0 Å². The number of nitrogens with zero attached hydrogens (tertiary/aromatic N) is 3. The Morgan fingerprint density at radius 2 is 1.84 bits per heavy atom. The quantitative estimate of drug-likeness (QED) is 0.389. The number of halogens is 1. The molecule has 1 heterocycles. The molecule has 1 atom stereocenters. The van der Waals surface area contributed by atoms with E-state index in [0.717, 1.165) is 51.6 Å². The summed E-state index contributed by atoms with van der Waals surface area (Å²) < 4.78 is 0. The highest BCUT2D eigenvalue weighted by atomic mass is 127. The fourth-order valence-corrected chi connectivity index (χ4v) is 3.10. The summed E-state index contributed by atoms with van der Waals surface area (Å²) in [5.74, 6) is 0.907. The van der Waals surface area contributed by atoms with Crippen LogP contribution in [0.2, 0.25) is 0 Å². The van der Waals surface area contributed by atoms with E-state index >= 15 is 0 Å². The number of hydrogen-bond acceptors (Lipinski definition) is 3. The smallest absolute Gasteiger partial charge is 0.191 e. The Morgan fingerprint density at radius 3 is 2.52 bits per heavy atom. The third-order valence-corrected chi connectivity index (χ3v) is 4.74. The minimum absolute atomic E-state index is 0. The molecular weight excluding hydrogens is 425 g/mol. The van der Waals surface area contributed by atoms with Crippen molar-refractivity contribution in [2.45, 2.75) is 32.9 Å². The normalized spacial score (nSPS) is 19.4. The molecule has 6 heteroatoms. The van der Waals surface area contributed by atoms with Crippen molar-refractivity contribution in [1.29, 1.82) is 0 Å². The van der Waals surface area contributed by atoms with Crippen molar-refractivity contribution >= 4 is 29.9 Å². The van der Waals surface area contributed by atoms with Crippen molar-refractivity contribution in [3.8, 4) is 0 Å². The largest absolute Gasteiger partial charge is 0.357 e. The minimum Gasteiger partial charge on any atom is -0.357 e. The highest BCUT2D eigenvalue weighted by molar-refractivity contribution is 14.0. The van der Waals surface area contributed by atoms with Crippen LogP contribution in [0.25, 0.3) is 0 Å². The monoisotopic (exact) mass is 459 g/mol. The Kier molecular flexibility index (Phi) is 10.4. The summed E-state index contributed by atoms with van der Waals surface area (Å²) in [5, 5.41) is 6.88. The third kappa shape index (κ3) is 7.11. The van der Waals surface area contributed by atoms with Gasteiger partial charge in [-0.25, -0.2) is 4.99 Å². The standard InChI is InChI=1S/C19H33N5.HI/c1-5-16-9-7-8-10-17(16)13-21-19(20-6-2)22-14-18-15-23(3)11-12-24(18)4;/h7-10,18H,5-6,11-15H2,1-4H3,(H2,20,21,22);1H. The zero-order valence-corrected chi connectivity index (χ0v) is 18.4. The Hall–Kier alpha value is -0.860. The maximum absolute atomic E-state index is 4.78. The second-order valence-corrected chi connectivity index (χ2v) is 6.60. The third-order valence-electron chi connectivity index (χ3n) is 4.74. The summed E-state index contributed by atoms with van der Waals surface area (Å²) >= 11 is 0. The lowest BCUT2D eigenvalue weighted by Gasteiger charge is -2.37. The molecule has 25 heavy (non-hydrogen) atoms. The molecule has 0 saturated carbocycles. The highest BCUT2D eigenvalue weighted by Crippen LogP contribution is 2.10. The van der Waals surface area contributed by atoms with Gasteiger partial charge in [0.2, 0.25) is 0 Å². The SMILES string of the molecule is CCNC(=NCc1ccccc1CC)NCC1CN(C)CCN1C.I. The van der Waals surface area contributed by atoms with Gasteiger partial charge < -0.3 is 15.5 Å². The van der Waals surface area contributed by atoms with Gasteiger partial charge in [0, 0.05) is 38.8 Å². The molecule has 0 bridgehead atoms. The number of aliphatic imine (C=N–C) groups is 1. The van der Waals surface area contributed by atoms with Crippen LogP contribution in [0.3, 0.4) is 0 Å². The fourth-order valence-electron chi connectivity index (χ4n) is 3.10. The van der Waals surface area contributed by atoms with E-state index in [4.69, 9.17) is 4.99 Å². The molecule has 0 spiro atoms. The molecule has 0 radical (unpaired) electrons. The topological polar surface area (TPSA) is 42.9 Å². The second kappa shape index (κ2) is 11.7. The van der Waals surface area contributed by atoms with E-state index in [2.05, 4.69) is 72.6 Å². The molecule has 1 aliphatic heterocycles. The number of aryl methyl sites for hydroxylation is 1. The van der Waals surface area contributed by atoms with Crippen LogP contribution in [0.1, 0.15) is 25.0 Å². The number of guanidine groups is 1. The average Bonchev–Trinajstić information content (AvgIpc) is 2.60. The maximum Gasteiger partial charge on any atom is 0.191 e. The number of rotatable bonds is 6. The molecule has 2 rings (SSSR count). The fraction of sp³-hybridized carbons (Fsp3) is 0.632. The predicted molar refractivity (Wildman–Crippen MR) is 118 cm³/mol. The Morgan fingerprint density at radius 1 is 1.12 bits per heavy atom. The van der Waals surface area contributed by atoms with Crippen LogP contribution < -0.4 is 10.6 Å². The van der Waals surface area contributed by atoms with Gasteiger partial charge in [-0.1, -0.05) is 31.2 Å². The van der Waals surface area contributed by atoms with Crippen molar-refractivity contribution in [2.75, 3.05) is 46.8 Å². The summed E-state index contributed by atoms with van der Waals surface area (Å²) in [4.78, 5) is 9.61. The molecule has 1 aromatic carbocycles. The van der Waals surface area contributed by atoms with E-state index in [1.165, 1.54) is 11.1 Å². The van der Waals surface area contributed by atoms with Gasteiger partial charge in [0.15, 0.2) is 5.96 Å². The molecule has 0 aliphatic carbocycles. The highest BCUT2D eigenvalue weighted by Gasteiger charge is 2.21. The van der Waals surface area contributed by atoms with E-state index in [9.17, 15) is 0 Å². The molecule has 0 amide bonds. The predicted octanol–water partition coefficient (Wildman–Crippen LogP) is 2.17. The number of piperazine rings is 1. The van der Waals surface area contributed by atoms with Crippen molar-refractivity contribution < 1.29 is 0 Å². The van der Waals surface area contributed by atoms with Crippen LogP contribution in [-0.2, 0) is 13.0 Å². The van der Waals surface area contributed by atoms with Gasteiger partial charge in [0.05, 0.1) is 6.54 Å². The van der Waals surface area contributed by atoms with Crippen LogP contribution in [0.4, 0.5) is 0 Å². The first-order chi connectivity index (χ1) is 11.6. The van der Waals surface area contributed by atoms with E-state index in [1.807, 2.05) is 0 Å². The van der Waals surface area contributed by atoms with Gasteiger partial charge >= 0.3 is 0 Å². The van der Waals surface area contributed by atoms with Crippen molar-refractivity contribution in [1.82, 2.24) is 20.4 Å². The van der Waals surface area contributed by atoms with E-state index in [-0.39, 0.29) is 24.0 Å². The molecule has 1 aromatic rings. The molecule has 1 aliphatic rings. The first-order valence-corrected chi connectivity index (χ1v) is 9.11. The van der Waals surface area contributed by atoms with Crippen molar-refractivity contribution in [2.24, 2.45) is 4.99 Å². The zero-order valence-electron chi connectivity index (χ0n) is 16.1. The zero-order chi connectivity index (χ0) is 17.4. The molecular formula is C19H34IN5. The second-order valence-electron chi connectivity index (χ2n) is 6.60. The summed E-state index contributed by atoms with van der Waals surface area (Å²) in [6, 6.07) is 9.09. The van der Waals surface area contributed by atoms with Crippen LogP contribution in [0.5, 0.6) is 0 Å². The summed E-state index contributed by atoms with van der Waals surface area (Å²) in [6.07, 6.45) is 1.05. The lowest BCUT2D eigenvalue weighted by Crippen LogP contribution is -2.55. The summed E-state index contributed by atoms with van der Waals surface area (Å²) in [6.45, 7) is 10.2. The van der Waals surface area contributed by atoms with E-state index in [0.29, 0.717) is 6.04 Å². The molecule has 1 saturated heterocycles. The van der Waals surface area contributed by atoms with Crippen molar-refractivity contribution in [3.05, 3.63) is 35.4 Å². The van der Waals surface area contributed by atoms with E-state index in [1.54, 1.807) is 0 Å². The van der Waals surface area contributed by atoms with E-state index < -0.39 is 0 Å². The Bertz CT molecular complexity index is 534. The van der Waals surface area contributed by atoms with Crippen molar-refractivity contribution in [3.63, 3.8) is 0 Å². The molecule has 0 aromatic heterocycles. The van der Waals surface area contributed by atoms with Crippen LogP contribution in [0, 0.1) is 0 Å². The van der Waals surface area contributed by atoms with Gasteiger partial charge in [0.1, 0.15) is 0 Å². The van der Waals surface area contributed by atoms with Gasteiger partial charge in [-0.05, 0) is 38.6 Å². The molecule has 5 nitrogen and oxygen atoms in total. The lowest BCUT2D eigenvalue weighted by atomic mass is 10.1. The number of nitrogens with one attached hydrogen (secondary N) is 2. The first-order valence-electron chi connectivity index (χ1n) is 9.11. The minimum atomic E-state index is 0. The molecule has 1 fully saturated rings. The van der Waals surface area contributed by atoms with Gasteiger partial charge in [-0.3, -0.25) is 4.90 Å². The summed E-state index contributed by atoms with van der Waals surface area (Å²) in [7, 11) is 4.40. The van der Waals surface area contributed by atoms with Crippen LogP contribution >= 0.6 is 24.0 Å². The Balaban J connectivity index is 0.00000312. The first kappa shape index (κ1) is 22.2. The molecule has 142 valence electrons. The van der Waals surface area contributed by atoms with Gasteiger partial charge in [0.25, 0.3) is 0 Å². The molecule has 2 N–H and O–H groups in total. The van der Waals surface area contributed by atoms with Crippen LogP contribution in [-0.4, -0.2) is 68.6 Å². The van der Waals surface area contributed by atoms with Crippen LogP contribution in [0.15, 0.2) is 29.3 Å². The Labute approximate surface area is 170 Å². The number of hydrogen-bond donors (Lipinski definition) is 2. The molecule has 1 unspecified atom stereocenters. The maximum atomic E-state index is 4.78. The number of benzene rings is 1. The van der Waals surface area contributed by atoms with Gasteiger partial charge in [-0.15, -0.1) is 24.0 Å². The lowest BCUT2D eigenvalue weighted by molar-refractivity contribution is 0.116.